The molecule has 0 fully saturated rings. The molecule has 0 bridgehead atoms. The minimum atomic E-state index is 0.883. The number of methoxy groups -OCH3 is 1. The number of rotatable bonds is 4. The van der Waals surface area contributed by atoms with Crippen LogP contribution in [0.25, 0.3) is 110 Å². The van der Waals surface area contributed by atoms with Gasteiger partial charge in [-0.05, 0) is 94.0 Å². The van der Waals surface area contributed by atoms with Crippen molar-refractivity contribution < 1.29 is 4.74 Å². The predicted molar refractivity (Wildman–Crippen MR) is 219 cm³/mol. The van der Waals surface area contributed by atoms with E-state index in [1.165, 1.54) is 110 Å². The summed E-state index contributed by atoms with van der Waals surface area (Å²) in [4.78, 5) is 0. The van der Waals surface area contributed by atoms with Crippen LogP contribution in [0.1, 0.15) is 0 Å². The maximum Gasteiger partial charge on any atom is 0.120 e. The highest BCUT2D eigenvalue weighted by molar-refractivity contribution is 6.26. The summed E-state index contributed by atoms with van der Waals surface area (Å²) in [6.45, 7) is 0. The van der Waals surface area contributed by atoms with Gasteiger partial charge in [0.25, 0.3) is 0 Å². The van der Waals surface area contributed by atoms with Crippen LogP contribution in [0, 0.1) is 0 Å². The van der Waals surface area contributed by atoms with Gasteiger partial charge in [0.2, 0.25) is 0 Å². The molecule has 0 atom stereocenters. The van der Waals surface area contributed by atoms with E-state index >= 15 is 0 Å². The summed E-state index contributed by atoms with van der Waals surface area (Å²) >= 11 is 0. The Morgan fingerprint density at radius 1 is 0.308 bits per heavy atom. The van der Waals surface area contributed by atoms with Crippen molar-refractivity contribution in [1.82, 2.24) is 8.80 Å². The van der Waals surface area contributed by atoms with Crippen molar-refractivity contribution in [3.8, 4) is 39.1 Å². The molecule has 3 heteroatoms. The van der Waals surface area contributed by atoms with Gasteiger partial charge < -0.3 is 13.5 Å². The van der Waals surface area contributed by atoms with Gasteiger partial charge in [0.1, 0.15) is 5.75 Å². The maximum absolute atomic E-state index is 5.82. The van der Waals surface area contributed by atoms with E-state index in [0.717, 1.165) is 5.75 Å². The highest BCUT2D eigenvalue weighted by Crippen LogP contribution is 2.45. The summed E-state index contributed by atoms with van der Waals surface area (Å²) in [6.07, 6.45) is 0. The Labute approximate surface area is 298 Å². The predicted octanol–water partition coefficient (Wildman–Crippen LogP) is 13.0. The summed E-state index contributed by atoms with van der Waals surface area (Å²) in [7, 11) is 1.76. The van der Waals surface area contributed by atoms with E-state index in [1.54, 1.807) is 7.11 Å². The minimum absolute atomic E-state index is 0.883. The number of aromatic nitrogens is 2. The van der Waals surface area contributed by atoms with Crippen LogP contribution in [-0.2, 0) is 0 Å². The highest BCUT2D eigenvalue weighted by atomic mass is 16.5. The summed E-state index contributed by atoms with van der Waals surface area (Å²) in [5, 5.41) is 10.1. The third-order valence-corrected chi connectivity index (χ3v) is 11.5. The van der Waals surface area contributed by atoms with E-state index in [-0.39, 0.29) is 0 Å². The van der Waals surface area contributed by atoms with Gasteiger partial charge in [-0.3, -0.25) is 0 Å². The summed E-state index contributed by atoms with van der Waals surface area (Å²) in [5.41, 5.74) is 14.8. The molecular weight excluding hydrogens is 633 g/mol. The van der Waals surface area contributed by atoms with Gasteiger partial charge in [-0.15, -0.1) is 0 Å². The first-order valence-electron chi connectivity index (χ1n) is 17.9. The molecule has 12 aromatic rings. The minimum Gasteiger partial charge on any atom is -0.497 e. The second-order valence-electron chi connectivity index (χ2n) is 14.1. The quantitative estimate of drug-likeness (QED) is 0.183. The third-order valence-electron chi connectivity index (χ3n) is 11.5. The van der Waals surface area contributed by atoms with Crippen LogP contribution in [0.5, 0.6) is 5.75 Å². The average Bonchev–Trinajstić information content (AvgIpc) is 3.94. The Bertz CT molecular complexity index is 3370. The molecule has 0 unspecified atom stereocenters. The van der Waals surface area contributed by atoms with E-state index < -0.39 is 0 Å². The lowest BCUT2D eigenvalue weighted by molar-refractivity contribution is 0.416. The van der Waals surface area contributed by atoms with Crippen molar-refractivity contribution in [2.75, 3.05) is 7.11 Å². The van der Waals surface area contributed by atoms with Crippen molar-refractivity contribution in [3.63, 3.8) is 0 Å². The Morgan fingerprint density at radius 2 is 0.692 bits per heavy atom. The molecule has 0 aliphatic rings. The average molecular weight is 663 g/mol. The number of benzene rings is 8. The fraction of sp³-hybridized carbons (Fsp3) is 0.0204. The molecular formula is C49H30N2O. The number of nitrogens with zero attached hydrogens (tertiary/aromatic N) is 2. The van der Waals surface area contributed by atoms with E-state index in [4.69, 9.17) is 4.74 Å². The molecule has 4 heterocycles. The summed E-state index contributed by atoms with van der Waals surface area (Å²) in [6, 6.07) is 60.3. The number of hydrogen-bond donors (Lipinski definition) is 0. The van der Waals surface area contributed by atoms with Crippen LogP contribution >= 0.6 is 0 Å². The summed E-state index contributed by atoms with van der Waals surface area (Å²) < 4.78 is 10.7. The maximum atomic E-state index is 5.82. The number of fused-ring (bicyclic) bond motifs is 12. The van der Waals surface area contributed by atoms with Crippen LogP contribution in [0.3, 0.4) is 0 Å². The Morgan fingerprint density at radius 3 is 1.25 bits per heavy atom. The van der Waals surface area contributed by atoms with Crippen LogP contribution in [0.15, 0.2) is 164 Å². The number of ether oxygens (including phenoxy) is 1. The normalized spacial score (nSPS) is 12.3. The van der Waals surface area contributed by atoms with E-state index in [9.17, 15) is 0 Å². The first-order chi connectivity index (χ1) is 25.7. The molecule has 0 radical (unpaired) electrons. The zero-order valence-electron chi connectivity index (χ0n) is 28.4. The fourth-order valence-corrected chi connectivity index (χ4v) is 9.10. The van der Waals surface area contributed by atoms with Gasteiger partial charge in [-0.1, -0.05) is 103 Å². The standard InChI is InChI=1S/C49H30N2O/c1-52-35-27-42-37-12-6-8-14-45(37)51-47-22-20-33(24-39(47)43(28-35)49(42)51)32-19-21-46-38(23-32)41-26-34(25-40-36-11-5-7-13-44(36)50(46)48(40)41)31-17-15-30(16-18-31)29-9-3-2-4-10-29/h2-28H,1H3. The SMILES string of the molecule is COc1cc2c3ccccc3n3c4ccc(-c5ccc6c(c5)c5cc(-c7ccc(-c8ccccc8)cc7)cc7c8ccccc8n6c75)cc4c(c1)c23. The van der Waals surface area contributed by atoms with E-state index in [1.807, 2.05) is 0 Å². The summed E-state index contributed by atoms with van der Waals surface area (Å²) in [5.74, 6) is 0.883. The lowest BCUT2D eigenvalue weighted by Gasteiger charge is -2.07. The molecule has 8 aromatic carbocycles. The van der Waals surface area contributed by atoms with Gasteiger partial charge >= 0.3 is 0 Å². The zero-order valence-corrected chi connectivity index (χ0v) is 28.4. The number of para-hydroxylation sites is 2. The first-order valence-corrected chi connectivity index (χ1v) is 17.9. The van der Waals surface area contributed by atoms with Crippen LogP contribution in [0.4, 0.5) is 0 Å². The molecule has 0 N–H and O–H groups in total. The van der Waals surface area contributed by atoms with Crippen LogP contribution < -0.4 is 4.74 Å². The number of hydrogen-bond acceptors (Lipinski definition) is 1. The lowest BCUT2D eigenvalue weighted by atomic mass is 9.96. The van der Waals surface area contributed by atoms with E-state index in [0.29, 0.717) is 0 Å². The van der Waals surface area contributed by atoms with Gasteiger partial charge in [-0.2, -0.15) is 0 Å². The van der Waals surface area contributed by atoms with Gasteiger partial charge in [0.15, 0.2) is 0 Å². The van der Waals surface area contributed by atoms with E-state index in [2.05, 4.69) is 173 Å². The monoisotopic (exact) mass is 662 g/mol. The molecule has 0 aliphatic heterocycles. The fourth-order valence-electron chi connectivity index (χ4n) is 9.10. The second kappa shape index (κ2) is 10.1. The van der Waals surface area contributed by atoms with Crippen molar-refractivity contribution in [2.24, 2.45) is 0 Å². The molecule has 0 saturated carbocycles. The van der Waals surface area contributed by atoms with Crippen molar-refractivity contribution in [2.45, 2.75) is 0 Å². The second-order valence-corrected chi connectivity index (χ2v) is 14.1. The van der Waals surface area contributed by atoms with Crippen molar-refractivity contribution in [1.29, 1.82) is 0 Å². The van der Waals surface area contributed by atoms with Crippen molar-refractivity contribution >= 4 is 76.2 Å². The highest BCUT2D eigenvalue weighted by Gasteiger charge is 2.21. The van der Waals surface area contributed by atoms with Gasteiger partial charge in [-0.25, -0.2) is 0 Å². The first kappa shape index (κ1) is 27.9. The Balaban J connectivity index is 1.08. The topological polar surface area (TPSA) is 18.1 Å². The van der Waals surface area contributed by atoms with Crippen LogP contribution in [-0.4, -0.2) is 15.9 Å². The molecule has 52 heavy (non-hydrogen) atoms. The van der Waals surface area contributed by atoms with Crippen LogP contribution in [0.2, 0.25) is 0 Å². The zero-order chi connectivity index (χ0) is 34.1. The molecule has 0 aliphatic carbocycles. The molecule has 0 saturated heterocycles. The molecule has 242 valence electrons. The Kier molecular flexibility index (Phi) is 5.43. The smallest absolute Gasteiger partial charge is 0.120 e. The molecule has 4 aromatic heterocycles. The lowest BCUT2D eigenvalue weighted by Crippen LogP contribution is -1.83. The molecule has 0 spiro atoms. The van der Waals surface area contributed by atoms with Crippen molar-refractivity contribution in [3.05, 3.63) is 164 Å². The van der Waals surface area contributed by atoms with Gasteiger partial charge in [0, 0.05) is 43.1 Å². The molecule has 0 amide bonds. The molecule has 3 nitrogen and oxygen atoms in total. The molecule has 12 rings (SSSR count). The Hall–Kier alpha value is -6.84. The van der Waals surface area contributed by atoms with Gasteiger partial charge in [0.05, 0.1) is 40.2 Å². The third kappa shape index (κ3) is 3.64. The largest absolute Gasteiger partial charge is 0.497 e.